The molecule has 72 valence electrons. The predicted molar refractivity (Wildman–Crippen MR) is 49.4 cm³/mol. The van der Waals surface area contributed by atoms with Crippen molar-refractivity contribution in [1.82, 2.24) is 0 Å². The zero-order valence-corrected chi connectivity index (χ0v) is 8.04. The molecule has 2 rings (SSSR count). The number of fused-ring (bicyclic) bond motifs is 2. The largest absolute Gasteiger partial charge is 0.481 e. The number of hydrogen-bond donors (Lipinski definition) is 2. The van der Waals surface area contributed by atoms with Gasteiger partial charge in [-0.2, -0.15) is 0 Å². The summed E-state index contributed by atoms with van der Waals surface area (Å²) in [5.41, 5.74) is 0. The molecular weight excluding hydrogens is 188 g/mol. The van der Waals surface area contributed by atoms with E-state index in [1.54, 1.807) is 0 Å². The number of rotatable bonds is 2. The summed E-state index contributed by atoms with van der Waals surface area (Å²) >= 11 is 3.78. The quantitative estimate of drug-likeness (QED) is 0.658. The molecule has 13 heavy (non-hydrogen) atoms. The van der Waals surface area contributed by atoms with Crippen molar-refractivity contribution in [2.75, 3.05) is 0 Å². The lowest BCUT2D eigenvalue weighted by Crippen LogP contribution is -2.32. The molecule has 2 aliphatic rings. The van der Waals surface area contributed by atoms with Crippen LogP contribution in [-0.2, 0) is 9.59 Å². The lowest BCUT2D eigenvalue weighted by molar-refractivity contribution is -0.147. The highest BCUT2D eigenvalue weighted by Crippen LogP contribution is 2.52. The summed E-state index contributed by atoms with van der Waals surface area (Å²) in [6, 6.07) is 0. The van der Waals surface area contributed by atoms with E-state index in [-0.39, 0.29) is 22.9 Å². The van der Waals surface area contributed by atoms with Gasteiger partial charge in [-0.05, 0) is 31.1 Å². The van der Waals surface area contributed by atoms with Crippen molar-refractivity contribution in [3.63, 3.8) is 0 Å². The molecule has 0 aromatic rings. The first-order valence-electron chi connectivity index (χ1n) is 4.57. The van der Waals surface area contributed by atoms with Gasteiger partial charge in [0, 0.05) is 5.92 Å². The molecule has 0 aromatic heterocycles. The van der Waals surface area contributed by atoms with Gasteiger partial charge in [-0.1, -0.05) is 0 Å². The monoisotopic (exact) mass is 200 g/mol. The van der Waals surface area contributed by atoms with Crippen LogP contribution in [0.5, 0.6) is 0 Å². The Bertz CT molecular complexity index is 238. The summed E-state index contributed by atoms with van der Waals surface area (Å²) in [4.78, 5) is 22.1. The molecule has 0 radical (unpaired) electrons. The maximum absolute atomic E-state index is 11.2. The minimum atomic E-state index is -0.820. The average Bonchev–Trinajstić information content (AvgIpc) is 2.60. The molecule has 0 unspecified atom stereocenters. The van der Waals surface area contributed by atoms with E-state index in [0.29, 0.717) is 0 Å². The van der Waals surface area contributed by atoms with Crippen LogP contribution < -0.4 is 0 Å². The van der Waals surface area contributed by atoms with Gasteiger partial charge in [0.1, 0.15) is 0 Å². The topological polar surface area (TPSA) is 54.4 Å². The Hall–Kier alpha value is -0.510. The summed E-state index contributed by atoms with van der Waals surface area (Å²) in [7, 11) is 0. The second-order valence-corrected chi connectivity index (χ2v) is 4.50. The van der Waals surface area contributed by atoms with Crippen molar-refractivity contribution in [1.29, 1.82) is 0 Å². The fraction of sp³-hybridized carbons (Fsp3) is 0.778. The summed E-state index contributed by atoms with van der Waals surface area (Å²) in [5.74, 6) is -1.08. The number of carboxylic acid groups (broad SMARTS) is 1. The highest BCUT2D eigenvalue weighted by molar-refractivity contribution is 7.96. The van der Waals surface area contributed by atoms with Crippen LogP contribution in [-0.4, -0.2) is 16.2 Å². The molecule has 2 aliphatic carbocycles. The van der Waals surface area contributed by atoms with Gasteiger partial charge in [0.2, 0.25) is 0 Å². The Balaban J connectivity index is 2.24. The van der Waals surface area contributed by atoms with Gasteiger partial charge >= 0.3 is 5.97 Å². The molecule has 2 saturated carbocycles. The average molecular weight is 200 g/mol. The molecule has 1 N–H and O–H groups in total. The van der Waals surface area contributed by atoms with Crippen molar-refractivity contribution in [2.45, 2.75) is 19.3 Å². The van der Waals surface area contributed by atoms with Crippen LogP contribution in [0.15, 0.2) is 0 Å². The molecule has 0 heterocycles. The molecule has 4 atom stereocenters. The molecular formula is C9H12O3S. The van der Waals surface area contributed by atoms with Crippen LogP contribution in [0.2, 0.25) is 0 Å². The predicted octanol–water partition coefficient (Wildman–Crippen LogP) is 1.19. The Morgan fingerprint density at radius 2 is 1.69 bits per heavy atom. The van der Waals surface area contributed by atoms with Gasteiger partial charge in [-0.3, -0.25) is 9.59 Å². The van der Waals surface area contributed by atoms with E-state index in [1.807, 2.05) is 0 Å². The van der Waals surface area contributed by atoms with Crippen LogP contribution in [0, 0.1) is 23.7 Å². The fourth-order valence-electron chi connectivity index (χ4n) is 3.00. The lowest BCUT2D eigenvalue weighted by Gasteiger charge is -2.24. The van der Waals surface area contributed by atoms with Gasteiger partial charge in [-0.25, -0.2) is 0 Å². The van der Waals surface area contributed by atoms with Crippen molar-refractivity contribution in [3.05, 3.63) is 0 Å². The first-order chi connectivity index (χ1) is 6.11. The van der Waals surface area contributed by atoms with Gasteiger partial charge in [0.05, 0.1) is 5.92 Å². The normalized spacial score (nSPS) is 42.2. The Kier molecular flexibility index (Phi) is 2.10. The summed E-state index contributed by atoms with van der Waals surface area (Å²) in [6.45, 7) is 0. The number of carbonyl (C=O) groups excluding carboxylic acids is 1. The molecule has 3 nitrogen and oxygen atoms in total. The lowest BCUT2D eigenvalue weighted by atomic mass is 9.80. The molecule has 0 aromatic carbocycles. The summed E-state index contributed by atoms with van der Waals surface area (Å²) in [6.07, 6.45) is 2.89. The van der Waals surface area contributed by atoms with E-state index in [2.05, 4.69) is 12.6 Å². The number of hydrogen-bond acceptors (Lipinski definition) is 2. The minimum Gasteiger partial charge on any atom is -0.481 e. The smallest absolute Gasteiger partial charge is 0.307 e. The second kappa shape index (κ2) is 3.01. The van der Waals surface area contributed by atoms with E-state index in [4.69, 9.17) is 5.11 Å². The van der Waals surface area contributed by atoms with E-state index in [0.717, 1.165) is 19.3 Å². The molecule has 2 fully saturated rings. The molecule has 4 heteroatoms. The Morgan fingerprint density at radius 1 is 1.15 bits per heavy atom. The summed E-state index contributed by atoms with van der Waals surface area (Å²) < 4.78 is 0. The SMILES string of the molecule is O=C(S)[C@@H]1[C@@H]2CC[C@H](C2)[C@@H]1C(=O)O. The highest BCUT2D eigenvalue weighted by atomic mass is 32.1. The van der Waals surface area contributed by atoms with E-state index in [9.17, 15) is 9.59 Å². The van der Waals surface area contributed by atoms with Gasteiger partial charge < -0.3 is 5.11 Å². The Morgan fingerprint density at radius 3 is 2.08 bits per heavy atom. The first-order valence-corrected chi connectivity index (χ1v) is 5.01. The van der Waals surface area contributed by atoms with Crippen molar-refractivity contribution in [3.8, 4) is 0 Å². The summed E-state index contributed by atoms with van der Waals surface area (Å²) in [5, 5.41) is 8.73. The van der Waals surface area contributed by atoms with Crippen molar-refractivity contribution >= 4 is 23.7 Å². The van der Waals surface area contributed by atoms with E-state index < -0.39 is 11.9 Å². The third-order valence-corrected chi connectivity index (χ3v) is 3.78. The Labute approximate surface area is 81.9 Å². The third kappa shape index (κ3) is 1.27. The van der Waals surface area contributed by atoms with Crippen molar-refractivity contribution in [2.24, 2.45) is 23.7 Å². The van der Waals surface area contributed by atoms with Crippen LogP contribution in [0.4, 0.5) is 0 Å². The highest BCUT2D eigenvalue weighted by Gasteiger charge is 2.53. The zero-order chi connectivity index (χ0) is 9.59. The van der Waals surface area contributed by atoms with Crippen LogP contribution >= 0.6 is 12.6 Å². The van der Waals surface area contributed by atoms with Crippen molar-refractivity contribution < 1.29 is 14.7 Å². The minimum absolute atomic E-state index is 0.226. The molecule has 0 aliphatic heterocycles. The maximum atomic E-state index is 11.2. The maximum Gasteiger partial charge on any atom is 0.307 e. The standard InChI is InChI=1S/C9H12O3S/c10-8(11)6-4-1-2-5(3-4)7(6)9(12)13/h4-7H,1-3H2,(H,10,11)(H,12,13)/t4-,5-,6+,7-/m1/s1. The van der Waals surface area contributed by atoms with E-state index in [1.165, 1.54) is 0 Å². The second-order valence-electron chi connectivity index (χ2n) is 4.06. The molecule has 0 saturated heterocycles. The van der Waals surface area contributed by atoms with Crippen LogP contribution in [0.3, 0.4) is 0 Å². The molecule has 2 bridgehead atoms. The van der Waals surface area contributed by atoms with Gasteiger partial charge in [0.15, 0.2) is 5.12 Å². The molecule has 0 amide bonds. The fourth-order valence-corrected chi connectivity index (χ4v) is 3.37. The number of carboxylic acids is 1. The van der Waals surface area contributed by atoms with Crippen LogP contribution in [0.25, 0.3) is 0 Å². The molecule has 0 spiro atoms. The van der Waals surface area contributed by atoms with Gasteiger partial charge in [-0.15, -0.1) is 12.6 Å². The van der Waals surface area contributed by atoms with Crippen LogP contribution in [0.1, 0.15) is 19.3 Å². The third-order valence-electron chi connectivity index (χ3n) is 3.49. The number of thiol groups is 1. The zero-order valence-electron chi connectivity index (χ0n) is 7.14. The first kappa shape index (κ1) is 9.06. The number of carbonyl (C=O) groups is 2. The van der Waals surface area contributed by atoms with Gasteiger partial charge in [0.25, 0.3) is 0 Å². The van der Waals surface area contributed by atoms with E-state index >= 15 is 0 Å². The number of aliphatic carboxylic acids is 1.